The molecule has 2 rings (SSSR count). The Morgan fingerprint density at radius 1 is 1.38 bits per heavy atom. The highest BCUT2D eigenvalue weighted by Gasteiger charge is 2.21. The minimum Gasteiger partial charge on any atom is -0.396 e. The maximum atomic E-state index is 9.11. The van der Waals surface area contributed by atoms with E-state index in [4.69, 9.17) is 5.11 Å². The summed E-state index contributed by atoms with van der Waals surface area (Å²) in [4.78, 5) is 2.44. The van der Waals surface area contributed by atoms with Crippen molar-refractivity contribution in [1.29, 1.82) is 0 Å². The number of nitrogens with zero attached hydrogens (tertiary/aromatic N) is 1. The molecular formula is C14H21NO. The summed E-state index contributed by atoms with van der Waals surface area (Å²) in [6.45, 7) is 7.85. The van der Waals surface area contributed by atoms with Gasteiger partial charge in [0.1, 0.15) is 0 Å². The fraction of sp³-hybridized carbons (Fsp3) is 0.571. The Kier molecular flexibility index (Phi) is 3.62. The average molecular weight is 219 g/mol. The van der Waals surface area contributed by atoms with Crippen molar-refractivity contribution in [2.24, 2.45) is 5.92 Å². The first kappa shape index (κ1) is 11.6. The SMILES string of the molecule is Cc1ccc(CN2CCC(CO)C2)c(C)c1. The molecule has 0 amide bonds. The van der Waals surface area contributed by atoms with Crippen LogP contribution in [0.2, 0.25) is 0 Å². The number of benzene rings is 1. The van der Waals surface area contributed by atoms with E-state index >= 15 is 0 Å². The third-order valence-corrected chi connectivity index (χ3v) is 3.52. The van der Waals surface area contributed by atoms with Crippen LogP contribution < -0.4 is 0 Å². The standard InChI is InChI=1S/C14H21NO/c1-11-3-4-14(12(2)7-11)9-15-6-5-13(8-15)10-16/h3-4,7,13,16H,5-6,8-10H2,1-2H3. The van der Waals surface area contributed by atoms with Gasteiger partial charge in [0, 0.05) is 19.7 Å². The second-order valence-corrected chi connectivity index (χ2v) is 5.00. The van der Waals surface area contributed by atoms with Gasteiger partial charge >= 0.3 is 0 Å². The lowest BCUT2D eigenvalue weighted by Crippen LogP contribution is -2.21. The molecule has 1 aliphatic rings. The molecule has 1 aromatic rings. The molecule has 1 fully saturated rings. The fourth-order valence-electron chi connectivity index (χ4n) is 2.47. The van der Waals surface area contributed by atoms with Crippen molar-refractivity contribution in [3.63, 3.8) is 0 Å². The van der Waals surface area contributed by atoms with Crippen LogP contribution in [0.25, 0.3) is 0 Å². The van der Waals surface area contributed by atoms with Crippen LogP contribution in [0.4, 0.5) is 0 Å². The second kappa shape index (κ2) is 4.98. The summed E-state index contributed by atoms with van der Waals surface area (Å²) in [6, 6.07) is 6.66. The molecule has 1 saturated heterocycles. The largest absolute Gasteiger partial charge is 0.396 e. The first-order chi connectivity index (χ1) is 7.69. The van der Waals surface area contributed by atoms with Gasteiger partial charge in [-0.25, -0.2) is 0 Å². The smallest absolute Gasteiger partial charge is 0.0471 e. The minimum atomic E-state index is 0.337. The third-order valence-electron chi connectivity index (χ3n) is 3.52. The Balaban J connectivity index is 1.99. The maximum absolute atomic E-state index is 9.11. The molecule has 1 heterocycles. The summed E-state index contributed by atoms with van der Waals surface area (Å²) < 4.78 is 0. The predicted molar refractivity (Wildman–Crippen MR) is 66.4 cm³/mol. The van der Waals surface area contributed by atoms with Crippen molar-refractivity contribution in [2.45, 2.75) is 26.8 Å². The summed E-state index contributed by atoms with van der Waals surface area (Å²) in [5.41, 5.74) is 4.13. The summed E-state index contributed by atoms with van der Waals surface area (Å²) in [7, 11) is 0. The molecule has 1 unspecified atom stereocenters. The zero-order valence-corrected chi connectivity index (χ0v) is 10.2. The molecule has 1 aliphatic heterocycles. The normalized spacial score (nSPS) is 21.6. The second-order valence-electron chi connectivity index (χ2n) is 5.00. The first-order valence-corrected chi connectivity index (χ1v) is 6.08. The van der Waals surface area contributed by atoms with Crippen LogP contribution >= 0.6 is 0 Å². The lowest BCUT2D eigenvalue weighted by atomic mass is 10.1. The van der Waals surface area contributed by atoms with E-state index in [1.807, 2.05) is 0 Å². The number of aliphatic hydroxyl groups excluding tert-OH is 1. The Morgan fingerprint density at radius 2 is 2.19 bits per heavy atom. The molecule has 0 saturated carbocycles. The van der Waals surface area contributed by atoms with E-state index in [0.717, 1.165) is 26.1 Å². The summed E-state index contributed by atoms with van der Waals surface area (Å²) >= 11 is 0. The Bertz CT molecular complexity index is 362. The molecule has 0 radical (unpaired) electrons. The van der Waals surface area contributed by atoms with Crippen LogP contribution in [-0.4, -0.2) is 29.7 Å². The lowest BCUT2D eigenvalue weighted by molar-refractivity contribution is 0.220. The molecule has 1 N–H and O–H groups in total. The maximum Gasteiger partial charge on any atom is 0.0471 e. The number of aryl methyl sites for hydroxylation is 2. The van der Waals surface area contributed by atoms with E-state index in [-0.39, 0.29) is 0 Å². The predicted octanol–water partition coefficient (Wildman–Crippen LogP) is 2.12. The highest BCUT2D eigenvalue weighted by molar-refractivity contribution is 5.30. The van der Waals surface area contributed by atoms with E-state index in [2.05, 4.69) is 36.9 Å². The van der Waals surface area contributed by atoms with Crippen molar-refractivity contribution < 1.29 is 5.11 Å². The monoisotopic (exact) mass is 219 g/mol. The van der Waals surface area contributed by atoms with E-state index in [9.17, 15) is 0 Å². The van der Waals surface area contributed by atoms with E-state index in [0.29, 0.717) is 12.5 Å². The van der Waals surface area contributed by atoms with Crippen LogP contribution in [0.15, 0.2) is 18.2 Å². The number of hydrogen-bond donors (Lipinski definition) is 1. The average Bonchev–Trinajstić information content (AvgIpc) is 2.70. The number of hydrogen-bond acceptors (Lipinski definition) is 2. The van der Waals surface area contributed by atoms with Gasteiger partial charge in [-0.1, -0.05) is 23.8 Å². The zero-order chi connectivity index (χ0) is 11.5. The molecule has 2 heteroatoms. The zero-order valence-electron chi connectivity index (χ0n) is 10.2. The van der Waals surface area contributed by atoms with Crippen LogP contribution in [0.3, 0.4) is 0 Å². The van der Waals surface area contributed by atoms with Gasteiger partial charge < -0.3 is 5.11 Å². The van der Waals surface area contributed by atoms with Gasteiger partial charge in [0.2, 0.25) is 0 Å². The Labute approximate surface area is 97.9 Å². The quantitative estimate of drug-likeness (QED) is 0.841. The van der Waals surface area contributed by atoms with Crippen LogP contribution in [0, 0.1) is 19.8 Å². The van der Waals surface area contributed by atoms with Gasteiger partial charge in [-0.05, 0) is 43.9 Å². The van der Waals surface area contributed by atoms with Gasteiger partial charge in [0.25, 0.3) is 0 Å². The Hall–Kier alpha value is -0.860. The summed E-state index contributed by atoms with van der Waals surface area (Å²) in [5, 5.41) is 9.11. The first-order valence-electron chi connectivity index (χ1n) is 6.08. The number of aliphatic hydroxyl groups is 1. The van der Waals surface area contributed by atoms with Gasteiger partial charge in [-0.3, -0.25) is 4.90 Å². The number of likely N-dealkylation sites (tertiary alicyclic amines) is 1. The van der Waals surface area contributed by atoms with Crippen molar-refractivity contribution in [3.8, 4) is 0 Å². The lowest BCUT2D eigenvalue weighted by Gasteiger charge is -2.17. The van der Waals surface area contributed by atoms with Crippen molar-refractivity contribution in [2.75, 3.05) is 19.7 Å². The fourth-order valence-corrected chi connectivity index (χ4v) is 2.47. The minimum absolute atomic E-state index is 0.337. The molecule has 88 valence electrons. The van der Waals surface area contributed by atoms with Crippen LogP contribution in [0.5, 0.6) is 0 Å². The highest BCUT2D eigenvalue weighted by atomic mass is 16.3. The molecule has 2 nitrogen and oxygen atoms in total. The molecule has 0 aliphatic carbocycles. The molecule has 0 spiro atoms. The van der Waals surface area contributed by atoms with Crippen LogP contribution in [0.1, 0.15) is 23.1 Å². The van der Waals surface area contributed by atoms with Gasteiger partial charge in [0.05, 0.1) is 0 Å². The van der Waals surface area contributed by atoms with Crippen molar-refractivity contribution in [3.05, 3.63) is 34.9 Å². The molecule has 16 heavy (non-hydrogen) atoms. The third kappa shape index (κ3) is 2.63. The van der Waals surface area contributed by atoms with Crippen molar-refractivity contribution in [1.82, 2.24) is 4.90 Å². The summed E-state index contributed by atoms with van der Waals surface area (Å²) in [5.74, 6) is 0.491. The van der Waals surface area contributed by atoms with Gasteiger partial charge in [0.15, 0.2) is 0 Å². The van der Waals surface area contributed by atoms with Crippen LogP contribution in [-0.2, 0) is 6.54 Å². The van der Waals surface area contributed by atoms with Crippen molar-refractivity contribution >= 4 is 0 Å². The molecular weight excluding hydrogens is 198 g/mol. The molecule has 0 bridgehead atoms. The number of rotatable bonds is 3. The van der Waals surface area contributed by atoms with E-state index < -0.39 is 0 Å². The molecule has 1 aromatic carbocycles. The van der Waals surface area contributed by atoms with E-state index in [1.165, 1.54) is 16.7 Å². The summed E-state index contributed by atoms with van der Waals surface area (Å²) in [6.07, 6.45) is 1.14. The molecule has 0 aromatic heterocycles. The highest BCUT2D eigenvalue weighted by Crippen LogP contribution is 2.20. The van der Waals surface area contributed by atoms with Gasteiger partial charge in [-0.15, -0.1) is 0 Å². The van der Waals surface area contributed by atoms with E-state index in [1.54, 1.807) is 0 Å². The topological polar surface area (TPSA) is 23.5 Å². The molecule has 1 atom stereocenters. The van der Waals surface area contributed by atoms with Gasteiger partial charge in [-0.2, -0.15) is 0 Å². The Morgan fingerprint density at radius 3 is 2.81 bits per heavy atom.